The van der Waals surface area contributed by atoms with E-state index in [2.05, 4.69) is 11.9 Å². The Morgan fingerprint density at radius 2 is 2.31 bits per heavy atom. The van der Waals surface area contributed by atoms with Crippen LogP contribution >= 0.6 is 10.7 Å². The molecule has 3 nitrogen and oxygen atoms in total. The zero-order valence-electron chi connectivity index (χ0n) is 7.61. The molecular weight excluding hydrogens is 210 g/mol. The third kappa shape index (κ3) is 4.64. The topological polar surface area (TPSA) is 37.4 Å². The molecular formula is C8H14ClNO2S. The van der Waals surface area contributed by atoms with Crippen molar-refractivity contribution in [3.63, 3.8) is 0 Å². The largest absolute Gasteiger partial charge is 0.306 e. The van der Waals surface area contributed by atoms with Crippen molar-refractivity contribution in [1.82, 2.24) is 4.90 Å². The number of rotatable bonds is 3. The fourth-order valence-corrected chi connectivity index (χ4v) is 2.14. The lowest BCUT2D eigenvalue weighted by Gasteiger charge is -2.06. The van der Waals surface area contributed by atoms with Crippen LogP contribution in [-0.4, -0.2) is 33.5 Å². The minimum atomic E-state index is -3.45. The van der Waals surface area contributed by atoms with E-state index >= 15 is 0 Å². The Bertz CT molecular complexity index is 287. The fraction of sp³-hybridized carbons (Fsp3) is 0.750. The number of halogens is 1. The van der Waals surface area contributed by atoms with Gasteiger partial charge in [0.05, 0.1) is 0 Å². The van der Waals surface area contributed by atoms with Crippen molar-refractivity contribution in [2.45, 2.75) is 12.8 Å². The Hall–Kier alpha value is -0.0600. The summed E-state index contributed by atoms with van der Waals surface area (Å²) in [5.74, 6) is 0.583. The van der Waals surface area contributed by atoms with Gasteiger partial charge in [0.15, 0.2) is 0 Å². The molecule has 0 spiro atoms. The van der Waals surface area contributed by atoms with E-state index in [1.165, 1.54) is 0 Å². The third-order valence-electron chi connectivity index (χ3n) is 2.22. The second-order valence-electron chi connectivity index (χ2n) is 3.50. The number of likely N-dealkylation sites (tertiary alicyclic amines) is 1. The van der Waals surface area contributed by atoms with Gasteiger partial charge in [0.25, 0.3) is 9.05 Å². The molecule has 0 N–H and O–H groups in total. The molecule has 0 aromatic rings. The summed E-state index contributed by atoms with van der Waals surface area (Å²) in [5, 5.41) is 1.08. The molecule has 1 unspecified atom stereocenters. The lowest BCUT2D eigenvalue weighted by Crippen LogP contribution is -2.13. The molecule has 13 heavy (non-hydrogen) atoms. The Morgan fingerprint density at radius 3 is 2.77 bits per heavy atom. The van der Waals surface area contributed by atoms with Gasteiger partial charge in [0, 0.05) is 22.6 Å². The molecule has 76 valence electrons. The molecule has 1 heterocycles. The van der Waals surface area contributed by atoms with E-state index in [-0.39, 0.29) is 0 Å². The second kappa shape index (κ2) is 4.44. The van der Waals surface area contributed by atoms with Gasteiger partial charge in [0.1, 0.15) is 0 Å². The summed E-state index contributed by atoms with van der Waals surface area (Å²) in [7, 11) is 3.64. The minimum absolute atomic E-state index is 0.583. The van der Waals surface area contributed by atoms with Crippen molar-refractivity contribution in [3.8, 4) is 0 Å². The highest BCUT2D eigenvalue weighted by Gasteiger charge is 2.17. The first-order valence-electron chi connectivity index (χ1n) is 4.27. The van der Waals surface area contributed by atoms with Crippen molar-refractivity contribution < 1.29 is 8.42 Å². The molecule has 0 amide bonds. The van der Waals surface area contributed by atoms with Gasteiger partial charge in [-0.1, -0.05) is 6.08 Å². The molecule has 1 fully saturated rings. The molecule has 1 atom stereocenters. The summed E-state index contributed by atoms with van der Waals surface area (Å²) in [4.78, 5) is 2.24. The molecule has 0 saturated carbocycles. The molecule has 0 bridgehead atoms. The van der Waals surface area contributed by atoms with Crippen LogP contribution in [0.15, 0.2) is 11.5 Å². The second-order valence-corrected chi connectivity index (χ2v) is 6.01. The van der Waals surface area contributed by atoms with Gasteiger partial charge >= 0.3 is 0 Å². The average Bonchev–Trinajstić information content (AvgIpc) is 2.33. The number of hydrogen-bond donors (Lipinski definition) is 0. The van der Waals surface area contributed by atoms with Crippen LogP contribution in [-0.2, 0) is 9.05 Å². The highest BCUT2D eigenvalue weighted by atomic mass is 35.7. The monoisotopic (exact) mass is 223 g/mol. The smallest absolute Gasteiger partial charge is 0.254 e. The SMILES string of the molecule is CN1CCC(C/C=C\S(=O)(=O)Cl)C1. The van der Waals surface area contributed by atoms with E-state index in [0.29, 0.717) is 5.92 Å². The van der Waals surface area contributed by atoms with Crippen LogP contribution in [0.1, 0.15) is 12.8 Å². The van der Waals surface area contributed by atoms with Crippen LogP contribution in [0.4, 0.5) is 0 Å². The van der Waals surface area contributed by atoms with E-state index in [1.54, 1.807) is 6.08 Å². The van der Waals surface area contributed by atoms with Crippen LogP contribution in [0.2, 0.25) is 0 Å². The van der Waals surface area contributed by atoms with Crippen LogP contribution in [0, 0.1) is 5.92 Å². The Labute approximate surface area is 83.8 Å². The number of nitrogens with zero attached hydrogens (tertiary/aromatic N) is 1. The summed E-state index contributed by atoms with van der Waals surface area (Å²) in [5.41, 5.74) is 0. The molecule has 1 aliphatic heterocycles. The van der Waals surface area contributed by atoms with Gasteiger partial charge < -0.3 is 4.90 Å². The number of allylic oxidation sites excluding steroid dienone is 1. The molecule has 1 saturated heterocycles. The van der Waals surface area contributed by atoms with Crippen LogP contribution in [0.25, 0.3) is 0 Å². The van der Waals surface area contributed by atoms with E-state index in [0.717, 1.165) is 31.3 Å². The normalized spacial score (nSPS) is 25.8. The fourth-order valence-electron chi connectivity index (χ4n) is 1.58. The van der Waals surface area contributed by atoms with Gasteiger partial charge in [-0.15, -0.1) is 0 Å². The zero-order valence-corrected chi connectivity index (χ0v) is 9.18. The molecule has 5 heteroatoms. The quantitative estimate of drug-likeness (QED) is 0.679. The summed E-state index contributed by atoms with van der Waals surface area (Å²) in [6.07, 6.45) is 3.59. The highest BCUT2D eigenvalue weighted by molar-refractivity contribution is 8.16. The summed E-state index contributed by atoms with van der Waals surface area (Å²) in [6, 6.07) is 0. The van der Waals surface area contributed by atoms with E-state index in [4.69, 9.17) is 10.7 Å². The molecule has 0 radical (unpaired) electrons. The van der Waals surface area contributed by atoms with Gasteiger partial charge in [-0.05, 0) is 32.4 Å². The van der Waals surface area contributed by atoms with Crippen molar-refractivity contribution in [1.29, 1.82) is 0 Å². The maximum absolute atomic E-state index is 10.5. The zero-order chi connectivity index (χ0) is 9.90. The first-order chi connectivity index (χ1) is 5.97. The molecule has 0 aromatic heterocycles. The van der Waals surface area contributed by atoms with E-state index in [9.17, 15) is 8.42 Å². The standard InChI is InChI=1S/C8H14ClNO2S/c1-10-5-4-8(7-10)3-2-6-13(9,11)12/h2,6,8H,3-5,7H2,1H3/b6-2-. The Kier molecular flexibility index (Phi) is 3.76. The number of hydrogen-bond acceptors (Lipinski definition) is 3. The van der Waals surface area contributed by atoms with Gasteiger partial charge in [-0.25, -0.2) is 8.42 Å². The van der Waals surface area contributed by atoms with Crippen LogP contribution in [0.3, 0.4) is 0 Å². The van der Waals surface area contributed by atoms with Crippen molar-refractivity contribution >= 4 is 19.7 Å². The average molecular weight is 224 g/mol. The van der Waals surface area contributed by atoms with Crippen molar-refractivity contribution in [2.75, 3.05) is 20.1 Å². The maximum atomic E-state index is 10.5. The molecule has 0 aliphatic carbocycles. The van der Waals surface area contributed by atoms with Gasteiger partial charge in [-0.2, -0.15) is 0 Å². The first kappa shape index (κ1) is 11.0. The predicted molar refractivity (Wildman–Crippen MR) is 54.1 cm³/mol. The first-order valence-corrected chi connectivity index (χ1v) is 6.64. The van der Waals surface area contributed by atoms with Crippen molar-refractivity contribution in [2.24, 2.45) is 5.92 Å². The molecule has 1 rings (SSSR count). The van der Waals surface area contributed by atoms with Crippen LogP contribution in [0.5, 0.6) is 0 Å². The van der Waals surface area contributed by atoms with E-state index in [1.807, 2.05) is 0 Å². The minimum Gasteiger partial charge on any atom is -0.306 e. The van der Waals surface area contributed by atoms with Gasteiger partial charge in [-0.3, -0.25) is 0 Å². The Morgan fingerprint density at radius 1 is 1.62 bits per heavy atom. The van der Waals surface area contributed by atoms with Crippen LogP contribution < -0.4 is 0 Å². The lowest BCUT2D eigenvalue weighted by molar-refractivity contribution is 0.396. The Balaban J connectivity index is 2.31. The maximum Gasteiger partial charge on any atom is 0.254 e. The highest BCUT2D eigenvalue weighted by Crippen LogP contribution is 2.18. The van der Waals surface area contributed by atoms with Crippen molar-refractivity contribution in [3.05, 3.63) is 11.5 Å². The van der Waals surface area contributed by atoms with Gasteiger partial charge in [0.2, 0.25) is 0 Å². The molecule has 0 aromatic carbocycles. The summed E-state index contributed by atoms with van der Waals surface area (Å²) in [6.45, 7) is 2.15. The molecule has 1 aliphatic rings. The third-order valence-corrected chi connectivity index (χ3v) is 3.04. The predicted octanol–water partition coefficient (Wildman–Crippen LogP) is 1.41. The summed E-state index contributed by atoms with van der Waals surface area (Å²) < 4.78 is 21.1. The lowest BCUT2D eigenvalue weighted by atomic mass is 10.1. The summed E-state index contributed by atoms with van der Waals surface area (Å²) >= 11 is 0. The van der Waals surface area contributed by atoms with E-state index < -0.39 is 9.05 Å².